The molecule has 0 bridgehead atoms. The number of aryl methyl sites for hydroxylation is 1. The molecule has 24 heavy (non-hydrogen) atoms. The molecule has 2 aromatic rings. The molecule has 2 rings (SSSR count). The lowest BCUT2D eigenvalue weighted by Gasteiger charge is -2.15. The highest BCUT2D eigenvalue weighted by Crippen LogP contribution is 2.28. The van der Waals surface area contributed by atoms with Crippen LogP contribution in [0.15, 0.2) is 36.4 Å². The number of hydrogen-bond acceptors (Lipinski definition) is 4. The number of aliphatic carboxylic acids is 1. The molecular weight excluding hydrogens is 328 g/mol. The number of amides is 2. The Balaban J connectivity index is 2.25. The Bertz CT molecular complexity index is 755. The Kier molecular flexibility index (Phi) is 5.70. The minimum Gasteiger partial charge on any atom is -0.479 e. The SMILES string of the molecule is CCC(=O)Nc1sc(C)cc1C(=O)NC(C(=O)O)c1ccccc1. The van der Waals surface area contributed by atoms with Crippen LogP contribution in [0.3, 0.4) is 0 Å². The molecule has 7 heteroatoms. The van der Waals surface area contributed by atoms with Crippen LogP contribution in [0, 0.1) is 6.92 Å². The van der Waals surface area contributed by atoms with Crippen molar-refractivity contribution in [2.45, 2.75) is 26.3 Å². The van der Waals surface area contributed by atoms with Crippen molar-refractivity contribution in [2.75, 3.05) is 5.32 Å². The number of carboxylic acids is 1. The second kappa shape index (κ2) is 7.74. The zero-order valence-electron chi connectivity index (χ0n) is 13.3. The lowest BCUT2D eigenvalue weighted by Crippen LogP contribution is -2.34. The number of rotatable bonds is 6. The Hall–Kier alpha value is -2.67. The minimum absolute atomic E-state index is 0.205. The molecule has 1 heterocycles. The van der Waals surface area contributed by atoms with E-state index in [1.54, 1.807) is 43.3 Å². The molecule has 1 aromatic carbocycles. The first-order valence-corrected chi connectivity index (χ1v) is 8.23. The molecule has 1 unspecified atom stereocenters. The Morgan fingerprint density at radius 1 is 1.21 bits per heavy atom. The third-order valence-corrected chi connectivity index (χ3v) is 4.30. The highest BCUT2D eigenvalue weighted by Gasteiger charge is 2.25. The molecule has 6 nitrogen and oxygen atoms in total. The van der Waals surface area contributed by atoms with Gasteiger partial charge in [-0.1, -0.05) is 37.3 Å². The summed E-state index contributed by atoms with van der Waals surface area (Å²) in [5, 5.41) is 15.0. The highest BCUT2D eigenvalue weighted by molar-refractivity contribution is 7.16. The van der Waals surface area contributed by atoms with E-state index in [9.17, 15) is 19.5 Å². The average molecular weight is 346 g/mol. The minimum atomic E-state index is -1.16. The van der Waals surface area contributed by atoms with Gasteiger partial charge in [0.1, 0.15) is 5.00 Å². The number of thiophene rings is 1. The molecule has 0 saturated carbocycles. The van der Waals surface area contributed by atoms with Gasteiger partial charge in [-0.25, -0.2) is 4.79 Å². The maximum Gasteiger partial charge on any atom is 0.330 e. The topological polar surface area (TPSA) is 95.5 Å². The van der Waals surface area contributed by atoms with E-state index in [1.165, 1.54) is 11.3 Å². The van der Waals surface area contributed by atoms with Gasteiger partial charge in [-0.2, -0.15) is 0 Å². The number of carbonyl (C=O) groups is 3. The van der Waals surface area contributed by atoms with Gasteiger partial charge in [0.15, 0.2) is 6.04 Å². The Morgan fingerprint density at radius 3 is 2.46 bits per heavy atom. The van der Waals surface area contributed by atoms with Gasteiger partial charge >= 0.3 is 5.97 Å². The first kappa shape index (κ1) is 17.7. The van der Waals surface area contributed by atoms with Gasteiger partial charge in [0.05, 0.1) is 5.56 Å². The van der Waals surface area contributed by atoms with Crippen molar-refractivity contribution in [1.29, 1.82) is 0 Å². The van der Waals surface area contributed by atoms with Crippen LogP contribution in [0.1, 0.15) is 40.2 Å². The van der Waals surface area contributed by atoms with E-state index in [4.69, 9.17) is 0 Å². The fourth-order valence-electron chi connectivity index (χ4n) is 2.13. The van der Waals surface area contributed by atoms with Crippen LogP contribution in [0.2, 0.25) is 0 Å². The largest absolute Gasteiger partial charge is 0.479 e. The molecular formula is C17H18N2O4S. The summed E-state index contributed by atoms with van der Waals surface area (Å²) in [6.07, 6.45) is 0.291. The van der Waals surface area contributed by atoms with E-state index in [-0.39, 0.29) is 11.5 Å². The number of nitrogens with one attached hydrogen (secondary N) is 2. The zero-order chi connectivity index (χ0) is 17.7. The molecule has 2 amide bonds. The third kappa shape index (κ3) is 4.20. The van der Waals surface area contributed by atoms with Crippen LogP contribution in [0.25, 0.3) is 0 Å². The molecule has 1 aromatic heterocycles. The normalized spacial score (nSPS) is 11.6. The number of benzene rings is 1. The first-order valence-electron chi connectivity index (χ1n) is 7.41. The van der Waals surface area contributed by atoms with Crippen molar-refractivity contribution in [1.82, 2.24) is 5.32 Å². The van der Waals surface area contributed by atoms with Crippen molar-refractivity contribution >= 4 is 34.1 Å². The van der Waals surface area contributed by atoms with Crippen LogP contribution < -0.4 is 10.6 Å². The summed E-state index contributed by atoms with van der Waals surface area (Å²) >= 11 is 1.28. The number of carbonyl (C=O) groups excluding carboxylic acids is 2. The summed E-state index contributed by atoms with van der Waals surface area (Å²) in [5.74, 6) is -1.90. The summed E-state index contributed by atoms with van der Waals surface area (Å²) in [6, 6.07) is 8.93. The van der Waals surface area contributed by atoms with Crippen LogP contribution in [-0.4, -0.2) is 22.9 Å². The molecule has 0 spiro atoms. The predicted octanol–water partition coefficient (Wildman–Crippen LogP) is 2.96. The van der Waals surface area contributed by atoms with Gasteiger partial charge in [-0.3, -0.25) is 9.59 Å². The summed E-state index contributed by atoms with van der Waals surface area (Å²) in [7, 11) is 0. The van der Waals surface area contributed by atoms with Crippen LogP contribution in [0.5, 0.6) is 0 Å². The Labute approximate surface area is 143 Å². The quantitative estimate of drug-likeness (QED) is 0.749. The number of carboxylic acid groups (broad SMARTS) is 1. The van der Waals surface area contributed by atoms with Crippen molar-refractivity contribution in [2.24, 2.45) is 0 Å². The highest BCUT2D eigenvalue weighted by atomic mass is 32.1. The summed E-state index contributed by atoms with van der Waals surface area (Å²) < 4.78 is 0. The molecule has 126 valence electrons. The van der Waals surface area contributed by atoms with Gasteiger partial charge in [-0.15, -0.1) is 11.3 Å². The lowest BCUT2D eigenvalue weighted by molar-refractivity contribution is -0.139. The monoisotopic (exact) mass is 346 g/mol. The third-order valence-electron chi connectivity index (χ3n) is 3.33. The smallest absolute Gasteiger partial charge is 0.330 e. The van der Waals surface area contributed by atoms with Crippen LogP contribution in [-0.2, 0) is 9.59 Å². The maximum absolute atomic E-state index is 12.5. The summed E-state index contributed by atoms with van der Waals surface area (Å²) in [6.45, 7) is 3.53. The van der Waals surface area contributed by atoms with Crippen LogP contribution >= 0.6 is 11.3 Å². The van der Waals surface area contributed by atoms with Crippen molar-refractivity contribution in [3.05, 3.63) is 52.4 Å². The fraction of sp³-hybridized carbons (Fsp3) is 0.235. The molecule has 0 saturated heterocycles. The van der Waals surface area contributed by atoms with Gasteiger partial charge in [0.25, 0.3) is 5.91 Å². The van der Waals surface area contributed by atoms with Crippen LogP contribution in [0.4, 0.5) is 5.00 Å². The van der Waals surface area contributed by atoms with Gasteiger partial charge in [-0.05, 0) is 18.6 Å². The molecule has 0 aliphatic carbocycles. The molecule has 0 radical (unpaired) electrons. The van der Waals surface area contributed by atoms with Gasteiger partial charge in [0.2, 0.25) is 5.91 Å². The van der Waals surface area contributed by atoms with E-state index in [1.807, 2.05) is 6.92 Å². The predicted molar refractivity (Wildman–Crippen MR) is 92.3 cm³/mol. The Morgan fingerprint density at radius 2 is 1.88 bits per heavy atom. The van der Waals surface area contributed by atoms with E-state index < -0.39 is 17.9 Å². The summed E-state index contributed by atoms with van der Waals surface area (Å²) in [4.78, 5) is 36.4. The van der Waals surface area contributed by atoms with Gasteiger partial charge < -0.3 is 15.7 Å². The first-order chi connectivity index (χ1) is 11.4. The van der Waals surface area contributed by atoms with E-state index in [0.29, 0.717) is 17.0 Å². The standard InChI is InChI=1S/C17H18N2O4S/c1-3-13(20)18-16-12(9-10(2)24-16)15(21)19-14(17(22)23)11-7-5-4-6-8-11/h4-9,14H,3H2,1-2H3,(H,18,20)(H,19,21)(H,22,23). The number of hydrogen-bond donors (Lipinski definition) is 3. The molecule has 0 aliphatic heterocycles. The van der Waals surface area contributed by atoms with Crippen molar-refractivity contribution in [3.63, 3.8) is 0 Å². The zero-order valence-corrected chi connectivity index (χ0v) is 14.1. The maximum atomic E-state index is 12.5. The molecule has 0 fully saturated rings. The van der Waals surface area contributed by atoms with E-state index in [2.05, 4.69) is 10.6 Å². The summed E-state index contributed by atoms with van der Waals surface area (Å²) in [5.41, 5.74) is 0.742. The van der Waals surface area contributed by atoms with E-state index >= 15 is 0 Å². The molecule has 1 atom stereocenters. The second-order valence-electron chi connectivity index (χ2n) is 5.16. The lowest BCUT2D eigenvalue weighted by atomic mass is 10.1. The fourth-order valence-corrected chi connectivity index (χ4v) is 3.06. The van der Waals surface area contributed by atoms with Crippen molar-refractivity contribution < 1.29 is 19.5 Å². The molecule has 0 aliphatic rings. The number of anilines is 1. The van der Waals surface area contributed by atoms with E-state index in [0.717, 1.165) is 4.88 Å². The van der Waals surface area contributed by atoms with Gasteiger partial charge in [0, 0.05) is 11.3 Å². The van der Waals surface area contributed by atoms with Crippen molar-refractivity contribution in [3.8, 4) is 0 Å². The average Bonchev–Trinajstić information content (AvgIpc) is 2.93. The second-order valence-corrected chi connectivity index (χ2v) is 6.41. The molecule has 3 N–H and O–H groups in total.